The summed E-state index contributed by atoms with van der Waals surface area (Å²) in [5.41, 5.74) is 4.75. The highest BCUT2D eigenvalue weighted by Crippen LogP contribution is 2.38. The second-order valence-corrected chi connectivity index (χ2v) is 6.34. The molecule has 0 bridgehead atoms. The van der Waals surface area contributed by atoms with Crippen molar-refractivity contribution < 1.29 is 13.9 Å². The lowest BCUT2D eigenvalue weighted by Gasteiger charge is -2.31. The molecule has 1 fully saturated rings. The summed E-state index contributed by atoms with van der Waals surface area (Å²) in [4.78, 5) is 0. The van der Waals surface area contributed by atoms with Gasteiger partial charge in [-0.15, -0.1) is 0 Å². The molecule has 0 spiro atoms. The van der Waals surface area contributed by atoms with Gasteiger partial charge in [-0.25, -0.2) is 8.78 Å². The number of aliphatic hydroxyl groups is 1. The Labute approximate surface area is 120 Å². The Hall–Kier alpha value is -0.960. The van der Waals surface area contributed by atoms with Gasteiger partial charge >= 0.3 is 0 Å². The van der Waals surface area contributed by atoms with Crippen molar-refractivity contribution in [2.45, 2.75) is 64.9 Å². The predicted molar refractivity (Wildman–Crippen MR) is 77.3 cm³/mol. The highest BCUT2D eigenvalue weighted by molar-refractivity contribution is 5.37. The van der Waals surface area contributed by atoms with Gasteiger partial charge in [-0.05, 0) is 62.6 Å². The molecule has 2 rings (SSSR count). The van der Waals surface area contributed by atoms with E-state index in [-0.39, 0.29) is 18.8 Å². The third-order valence-corrected chi connectivity index (χ3v) is 4.56. The first-order valence-corrected chi connectivity index (χ1v) is 7.41. The highest BCUT2D eigenvalue weighted by atomic mass is 19.3. The Morgan fingerprint density at radius 3 is 2.15 bits per heavy atom. The van der Waals surface area contributed by atoms with E-state index in [1.807, 2.05) is 0 Å². The number of hydrogen-bond donors (Lipinski definition) is 1. The van der Waals surface area contributed by atoms with Crippen LogP contribution in [0.4, 0.5) is 8.78 Å². The van der Waals surface area contributed by atoms with Crippen LogP contribution in [0.15, 0.2) is 12.1 Å². The molecule has 0 heterocycles. The van der Waals surface area contributed by atoms with E-state index >= 15 is 0 Å². The van der Waals surface area contributed by atoms with Crippen LogP contribution in [0, 0.1) is 26.7 Å². The summed E-state index contributed by atoms with van der Waals surface area (Å²) in [5, 5.41) is 10.4. The van der Waals surface area contributed by atoms with E-state index in [1.165, 1.54) is 22.3 Å². The summed E-state index contributed by atoms with van der Waals surface area (Å²) in [5.74, 6) is -2.51. The fourth-order valence-electron chi connectivity index (χ4n) is 3.35. The van der Waals surface area contributed by atoms with E-state index in [1.54, 1.807) is 0 Å². The van der Waals surface area contributed by atoms with Crippen LogP contribution >= 0.6 is 0 Å². The number of aryl methyl sites for hydroxylation is 3. The first-order chi connectivity index (χ1) is 9.28. The molecule has 1 aromatic carbocycles. The summed E-state index contributed by atoms with van der Waals surface area (Å²) in [6, 6.07) is 4.23. The van der Waals surface area contributed by atoms with Gasteiger partial charge in [0.1, 0.15) is 0 Å². The van der Waals surface area contributed by atoms with Gasteiger partial charge in [-0.1, -0.05) is 17.7 Å². The molecule has 3 heteroatoms. The molecule has 0 saturated heterocycles. The zero-order valence-electron chi connectivity index (χ0n) is 12.5. The number of halogens is 2. The fourth-order valence-corrected chi connectivity index (χ4v) is 3.35. The maximum Gasteiger partial charge on any atom is 0.248 e. The normalized spacial score (nSPS) is 20.9. The molecule has 0 aromatic heterocycles. The molecule has 1 aliphatic rings. The molecule has 1 saturated carbocycles. The molecule has 0 radical (unpaired) electrons. The number of rotatable bonds is 3. The zero-order chi connectivity index (χ0) is 14.9. The number of benzene rings is 1. The van der Waals surface area contributed by atoms with Crippen molar-refractivity contribution in [1.29, 1.82) is 0 Å². The molecule has 0 amide bonds. The van der Waals surface area contributed by atoms with E-state index in [0.29, 0.717) is 19.3 Å². The Bertz CT molecular complexity index is 449. The molecule has 112 valence electrons. The van der Waals surface area contributed by atoms with E-state index in [0.717, 1.165) is 0 Å². The van der Waals surface area contributed by atoms with Crippen molar-refractivity contribution >= 4 is 0 Å². The zero-order valence-corrected chi connectivity index (χ0v) is 12.5. The van der Waals surface area contributed by atoms with Gasteiger partial charge in [0.25, 0.3) is 0 Å². The van der Waals surface area contributed by atoms with Crippen LogP contribution in [0.2, 0.25) is 0 Å². The van der Waals surface area contributed by atoms with E-state index in [9.17, 15) is 13.9 Å². The molecule has 1 unspecified atom stereocenters. The van der Waals surface area contributed by atoms with Gasteiger partial charge < -0.3 is 5.11 Å². The fraction of sp³-hybridized carbons (Fsp3) is 0.647. The molecule has 1 atom stereocenters. The summed E-state index contributed by atoms with van der Waals surface area (Å²) in [7, 11) is 0. The van der Waals surface area contributed by atoms with Crippen molar-refractivity contribution in [2.75, 3.05) is 0 Å². The topological polar surface area (TPSA) is 20.2 Å². The minimum Gasteiger partial charge on any atom is -0.392 e. The van der Waals surface area contributed by atoms with Crippen molar-refractivity contribution in [3.63, 3.8) is 0 Å². The number of alkyl halides is 2. The van der Waals surface area contributed by atoms with E-state index in [4.69, 9.17) is 0 Å². The monoisotopic (exact) mass is 282 g/mol. The van der Waals surface area contributed by atoms with Crippen LogP contribution in [0.1, 0.15) is 47.9 Å². The van der Waals surface area contributed by atoms with Crippen LogP contribution < -0.4 is 0 Å². The summed E-state index contributed by atoms with van der Waals surface area (Å²) in [6.45, 7) is 6.16. The molecular formula is C17H24F2O. The standard InChI is InChI=1S/C17H24F2O/c1-11-8-12(2)15(13(3)9-11)10-16(20)14-4-6-17(18,19)7-5-14/h8-9,14,16,20H,4-7,10H2,1-3H3. The van der Waals surface area contributed by atoms with Gasteiger partial charge in [0.05, 0.1) is 6.10 Å². The largest absolute Gasteiger partial charge is 0.392 e. The third kappa shape index (κ3) is 3.57. The Morgan fingerprint density at radius 1 is 1.15 bits per heavy atom. The van der Waals surface area contributed by atoms with Crippen LogP contribution in [-0.2, 0) is 6.42 Å². The van der Waals surface area contributed by atoms with Gasteiger partial charge in [-0.2, -0.15) is 0 Å². The lowest BCUT2D eigenvalue weighted by molar-refractivity contribution is -0.0619. The van der Waals surface area contributed by atoms with Gasteiger partial charge in [0, 0.05) is 12.8 Å². The Balaban J connectivity index is 2.04. The maximum absolute atomic E-state index is 13.2. The summed E-state index contributed by atoms with van der Waals surface area (Å²) in [6.07, 6.45) is 0.761. The van der Waals surface area contributed by atoms with Gasteiger partial charge in [0.15, 0.2) is 0 Å². The van der Waals surface area contributed by atoms with Gasteiger partial charge in [0.2, 0.25) is 5.92 Å². The number of aliphatic hydroxyl groups excluding tert-OH is 1. The molecule has 1 aromatic rings. The first kappa shape index (κ1) is 15.4. The Morgan fingerprint density at radius 2 is 1.65 bits per heavy atom. The lowest BCUT2D eigenvalue weighted by atomic mass is 9.80. The number of hydrogen-bond acceptors (Lipinski definition) is 1. The van der Waals surface area contributed by atoms with E-state index in [2.05, 4.69) is 32.9 Å². The molecule has 1 nitrogen and oxygen atoms in total. The minimum atomic E-state index is -2.52. The second kappa shape index (κ2) is 5.80. The van der Waals surface area contributed by atoms with E-state index < -0.39 is 12.0 Å². The van der Waals surface area contributed by atoms with Crippen LogP contribution in [-0.4, -0.2) is 17.1 Å². The molecular weight excluding hydrogens is 258 g/mol. The van der Waals surface area contributed by atoms with Crippen LogP contribution in [0.5, 0.6) is 0 Å². The lowest BCUT2D eigenvalue weighted by Crippen LogP contribution is -2.32. The second-order valence-electron chi connectivity index (χ2n) is 6.34. The summed E-state index contributed by atoms with van der Waals surface area (Å²) < 4.78 is 26.3. The van der Waals surface area contributed by atoms with Crippen molar-refractivity contribution in [1.82, 2.24) is 0 Å². The first-order valence-electron chi connectivity index (χ1n) is 7.41. The average molecular weight is 282 g/mol. The van der Waals surface area contributed by atoms with Crippen molar-refractivity contribution in [2.24, 2.45) is 5.92 Å². The molecule has 1 N–H and O–H groups in total. The van der Waals surface area contributed by atoms with Crippen LogP contribution in [0.25, 0.3) is 0 Å². The van der Waals surface area contributed by atoms with Crippen LogP contribution in [0.3, 0.4) is 0 Å². The third-order valence-electron chi connectivity index (χ3n) is 4.56. The quantitative estimate of drug-likeness (QED) is 0.874. The Kier molecular flexibility index (Phi) is 4.48. The predicted octanol–water partition coefficient (Wildman–Crippen LogP) is 4.34. The smallest absolute Gasteiger partial charge is 0.248 e. The van der Waals surface area contributed by atoms with Gasteiger partial charge in [-0.3, -0.25) is 0 Å². The average Bonchev–Trinajstić information content (AvgIpc) is 2.33. The molecule has 20 heavy (non-hydrogen) atoms. The summed E-state index contributed by atoms with van der Waals surface area (Å²) >= 11 is 0. The maximum atomic E-state index is 13.2. The minimum absolute atomic E-state index is 0.00901. The molecule has 1 aliphatic carbocycles. The van der Waals surface area contributed by atoms with Crippen molar-refractivity contribution in [3.05, 3.63) is 34.4 Å². The molecule has 0 aliphatic heterocycles. The highest BCUT2D eigenvalue weighted by Gasteiger charge is 2.37. The van der Waals surface area contributed by atoms with Crippen molar-refractivity contribution in [3.8, 4) is 0 Å². The SMILES string of the molecule is Cc1cc(C)c(CC(O)C2CCC(F)(F)CC2)c(C)c1.